The van der Waals surface area contributed by atoms with Gasteiger partial charge in [0.15, 0.2) is 11.5 Å². The third-order valence-corrected chi connectivity index (χ3v) is 4.32. The molecule has 0 aliphatic rings. The van der Waals surface area contributed by atoms with Crippen LogP contribution in [0.3, 0.4) is 0 Å². The van der Waals surface area contributed by atoms with Crippen LogP contribution in [0.15, 0.2) is 48.5 Å². The molecule has 1 N–H and O–H groups in total. The van der Waals surface area contributed by atoms with Crippen LogP contribution in [0, 0.1) is 0 Å². The number of aliphatic hydroxyl groups is 1. The van der Waals surface area contributed by atoms with Crippen LogP contribution in [0.25, 0.3) is 0 Å². The molecule has 136 valence electrons. The van der Waals surface area contributed by atoms with Gasteiger partial charge in [-0.05, 0) is 43.5 Å². The maximum atomic E-state index is 10.5. The molecule has 0 radical (unpaired) electrons. The van der Waals surface area contributed by atoms with Gasteiger partial charge >= 0.3 is 0 Å². The molecule has 0 heterocycles. The minimum absolute atomic E-state index is 0.332. The highest BCUT2D eigenvalue weighted by Crippen LogP contribution is 2.28. The Kier molecular flexibility index (Phi) is 7.29. The largest absolute Gasteiger partial charge is 0.493 e. The first-order chi connectivity index (χ1) is 12.0. The van der Waals surface area contributed by atoms with Gasteiger partial charge in [-0.15, -0.1) is 0 Å². The summed E-state index contributed by atoms with van der Waals surface area (Å²) in [5.74, 6) is 1.46. The van der Waals surface area contributed by atoms with Crippen LogP contribution in [-0.4, -0.2) is 42.9 Å². The molecule has 25 heavy (non-hydrogen) atoms. The third-order valence-electron chi connectivity index (χ3n) is 4.32. The molecule has 0 saturated carbocycles. The number of aliphatic hydroxyl groups excluding tert-OH is 1. The Morgan fingerprint density at radius 2 is 1.60 bits per heavy atom. The van der Waals surface area contributed by atoms with Crippen LogP contribution in [-0.2, 0) is 13.0 Å². The van der Waals surface area contributed by atoms with Crippen molar-refractivity contribution in [3.8, 4) is 11.5 Å². The fraction of sp³-hybridized carbons (Fsp3) is 0.429. The zero-order chi connectivity index (χ0) is 18.2. The van der Waals surface area contributed by atoms with Crippen molar-refractivity contribution in [1.29, 1.82) is 0 Å². The van der Waals surface area contributed by atoms with E-state index in [4.69, 9.17) is 9.47 Å². The lowest BCUT2D eigenvalue weighted by atomic mass is 10.1. The van der Waals surface area contributed by atoms with Crippen molar-refractivity contribution in [2.24, 2.45) is 0 Å². The number of rotatable bonds is 9. The van der Waals surface area contributed by atoms with E-state index in [1.807, 2.05) is 36.4 Å². The van der Waals surface area contributed by atoms with Gasteiger partial charge in [0.05, 0.1) is 20.3 Å². The van der Waals surface area contributed by atoms with Crippen molar-refractivity contribution in [1.82, 2.24) is 4.90 Å². The van der Waals surface area contributed by atoms with Gasteiger partial charge in [-0.1, -0.05) is 36.4 Å². The summed E-state index contributed by atoms with van der Waals surface area (Å²) < 4.78 is 10.7. The van der Waals surface area contributed by atoms with Gasteiger partial charge in [0, 0.05) is 19.1 Å². The van der Waals surface area contributed by atoms with Crippen molar-refractivity contribution < 1.29 is 14.6 Å². The fourth-order valence-electron chi connectivity index (χ4n) is 2.89. The molecule has 1 atom stereocenters. The second-order valence-electron chi connectivity index (χ2n) is 6.56. The molecule has 0 bridgehead atoms. The lowest BCUT2D eigenvalue weighted by Gasteiger charge is -2.29. The molecule has 4 nitrogen and oxygen atoms in total. The number of hydrogen-bond donors (Lipinski definition) is 1. The van der Waals surface area contributed by atoms with E-state index >= 15 is 0 Å². The van der Waals surface area contributed by atoms with E-state index in [1.165, 1.54) is 0 Å². The van der Waals surface area contributed by atoms with Gasteiger partial charge in [-0.25, -0.2) is 0 Å². The van der Waals surface area contributed by atoms with Crippen molar-refractivity contribution in [2.75, 3.05) is 20.8 Å². The van der Waals surface area contributed by atoms with E-state index in [1.54, 1.807) is 14.2 Å². The number of benzene rings is 2. The molecule has 1 unspecified atom stereocenters. The van der Waals surface area contributed by atoms with Crippen molar-refractivity contribution >= 4 is 0 Å². The zero-order valence-electron chi connectivity index (χ0n) is 15.6. The van der Waals surface area contributed by atoms with Crippen molar-refractivity contribution in [2.45, 2.75) is 39.0 Å². The Morgan fingerprint density at radius 3 is 2.20 bits per heavy atom. The predicted molar refractivity (Wildman–Crippen MR) is 101 cm³/mol. The van der Waals surface area contributed by atoms with Gasteiger partial charge in [-0.2, -0.15) is 0 Å². The maximum absolute atomic E-state index is 10.5. The van der Waals surface area contributed by atoms with Crippen LogP contribution in [0.5, 0.6) is 11.5 Å². The molecule has 0 aliphatic heterocycles. The smallest absolute Gasteiger partial charge is 0.161 e. The second-order valence-corrected chi connectivity index (χ2v) is 6.56. The van der Waals surface area contributed by atoms with Crippen LogP contribution in [0.2, 0.25) is 0 Å². The first-order valence-corrected chi connectivity index (χ1v) is 8.70. The normalized spacial score (nSPS) is 12.4. The van der Waals surface area contributed by atoms with E-state index in [0.717, 1.165) is 29.2 Å². The average molecular weight is 343 g/mol. The topological polar surface area (TPSA) is 41.9 Å². The molecule has 0 aromatic heterocycles. The van der Waals surface area contributed by atoms with Gasteiger partial charge < -0.3 is 14.6 Å². The second kappa shape index (κ2) is 9.44. The first kappa shape index (κ1) is 19.3. The van der Waals surface area contributed by atoms with Gasteiger partial charge in [-0.3, -0.25) is 4.90 Å². The summed E-state index contributed by atoms with van der Waals surface area (Å²) in [5, 5.41) is 10.5. The Hall–Kier alpha value is -2.04. The molecule has 2 aromatic rings. The number of hydrogen-bond acceptors (Lipinski definition) is 4. The highest BCUT2D eigenvalue weighted by Gasteiger charge is 2.16. The molecule has 0 saturated heterocycles. The summed E-state index contributed by atoms with van der Waals surface area (Å²) in [7, 11) is 3.28. The number of ether oxygens (including phenoxy) is 2. The van der Waals surface area contributed by atoms with E-state index < -0.39 is 6.10 Å². The maximum Gasteiger partial charge on any atom is 0.161 e. The van der Waals surface area contributed by atoms with Crippen LogP contribution in [0.4, 0.5) is 0 Å². The monoisotopic (exact) mass is 343 g/mol. The summed E-state index contributed by atoms with van der Waals surface area (Å²) >= 11 is 0. The molecule has 0 aliphatic carbocycles. The average Bonchev–Trinajstić information content (AvgIpc) is 2.61. The van der Waals surface area contributed by atoms with E-state index in [-0.39, 0.29) is 0 Å². The molecule has 2 aromatic carbocycles. The summed E-state index contributed by atoms with van der Waals surface area (Å²) in [4.78, 5) is 2.27. The number of nitrogens with zero attached hydrogens (tertiary/aromatic N) is 1. The Balaban J connectivity index is 2.03. The molecule has 0 spiro atoms. The Morgan fingerprint density at radius 1 is 0.920 bits per heavy atom. The van der Waals surface area contributed by atoms with Crippen LogP contribution >= 0.6 is 0 Å². The Labute approximate surface area is 151 Å². The minimum atomic E-state index is -0.398. The highest BCUT2D eigenvalue weighted by atomic mass is 16.5. The fourth-order valence-corrected chi connectivity index (χ4v) is 2.89. The Bertz CT molecular complexity index is 643. The predicted octanol–water partition coefficient (Wildman–Crippen LogP) is 3.52. The van der Waals surface area contributed by atoms with Gasteiger partial charge in [0.1, 0.15) is 0 Å². The zero-order valence-corrected chi connectivity index (χ0v) is 15.6. The van der Waals surface area contributed by atoms with E-state index in [2.05, 4.69) is 30.9 Å². The lowest BCUT2D eigenvalue weighted by molar-refractivity contribution is 0.0908. The van der Waals surface area contributed by atoms with Gasteiger partial charge in [0.2, 0.25) is 0 Å². The molecule has 0 amide bonds. The first-order valence-electron chi connectivity index (χ1n) is 8.70. The minimum Gasteiger partial charge on any atom is -0.493 e. The third kappa shape index (κ3) is 5.76. The molecular weight excluding hydrogens is 314 g/mol. The SMILES string of the molecule is COc1ccc(CN(CC(O)Cc2ccccc2)C(C)C)cc1OC. The van der Waals surface area contributed by atoms with E-state index in [9.17, 15) is 5.11 Å². The quantitative estimate of drug-likeness (QED) is 0.756. The summed E-state index contributed by atoms with van der Waals surface area (Å²) in [5.41, 5.74) is 2.29. The molecule has 4 heteroatoms. The molecular formula is C21H29NO3. The van der Waals surface area contributed by atoms with Crippen LogP contribution in [0.1, 0.15) is 25.0 Å². The van der Waals surface area contributed by atoms with Gasteiger partial charge in [0.25, 0.3) is 0 Å². The molecule has 2 rings (SSSR count). The standard InChI is InChI=1S/C21H29NO3/c1-16(2)22(15-19(23)12-17-8-6-5-7-9-17)14-18-10-11-20(24-3)21(13-18)25-4/h5-11,13,16,19,23H,12,14-15H2,1-4H3. The lowest BCUT2D eigenvalue weighted by Crippen LogP contribution is -2.37. The highest BCUT2D eigenvalue weighted by molar-refractivity contribution is 5.42. The summed E-state index contributed by atoms with van der Waals surface area (Å²) in [6.07, 6.45) is 0.264. The summed E-state index contributed by atoms with van der Waals surface area (Å²) in [6, 6.07) is 16.4. The van der Waals surface area contributed by atoms with Crippen molar-refractivity contribution in [3.63, 3.8) is 0 Å². The summed E-state index contributed by atoms with van der Waals surface area (Å²) in [6.45, 7) is 5.68. The van der Waals surface area contributed by atoms with Crippen molar-refractivity contribution in [3.05, 3.63) is 59.7 Å². The van der Waals surface area contributed by atoms with Crippen LogP contribution < -0.4 is 9.47 Å². The van der Waals surface area contributed by atoms with E-state index in [0.29, 0.717) is 19.0 Å². The molecule has 0 fully saturated rings. The number of methoxy groups -OCH3 is 2.